The predicted molar refractivity (Wildman–Crippen MR) is 116 cm³/mol. The summed E-state index contributed by atoms with van der Waals surface area (Å²) in [5, 5.41) is 15.6. The summed E-state index contributed by atoms with van der Waals surface area (Å²) in [5.74, 6) is 0.379. The van der Waals surface area contributed by atoms with Gasteiger partial charge in [-0.25, -0.2) is 0 Å². The van der Waals surface area contributed by atoms with Crippen LogP contribution in [-0.4, -0.2) is 27.6 Å². The third kappa shape index (κ3) is 4.27. The van der Waals surface area contributed by atoms with Crippen LogP contribution in [0.2, 0.25) is 0 Å². The van der Waals surface area contributed by atoms with E-state index < -0.39 is 0 Å². The topological polar surface area (TPSA) is 82.7 Å². The smallest absolute Gasteiger partial charge is 0.276 e. The lowest BCUT2D eigenvalue weighted by Gasteiger charge is -2.09. The van der Waals surface area contributed by atoms with Crippen molar-refractivity contribution in [2.75, 3.05) is 17.2 Å². The molecule has 0 aliphatic heterocycles. The first-order chi connectivity index (χ1) is 14.1. The molecule has 6 nitrogen and oxygen atoms in total. The lowest BCUT2D eigenvalue weighted by Crippen LogP contribution is -2.16. The van der Waals surface area contributed by atoms with Crippen LogP contribution in [0.25, 0.3) is 10.9 Å². The highest BCUT2D eigenvalue weighted by Gasteiger charge is 2.10. The van der Waals surface area contributed by atoms with E-state index >= 15 is 0 Å². The molecule has 0 atom stereocenters. The van der Waals surface area contributed by atoms with Gasteiger partial charge in [-0.05, 0) is 61.2 Å². The number of carbonyl (C=O) groups excluding carboxylic acids is 1. The van der Waals surface area contributed by atoms with E-state index in [1.165, 1.54) is 10.9 Å². The number of hydrogen-bond acceptors (Lipinski definition) is 4. The van der Waals surface area contributed by atoms with E-state index in [9.17, 15) is 4.79 Å². The van der Waals surface area contributed by atoms with Gasteiger partial charge in [-0.1, -0.05) is 30.3 Å². The van der Waals surface area contributed by atoms with Crippen molar-refractivity contribution in [3.63, 3.8) is 0 Å². The van der Waals surface area contributed by atoms with Gasteiger partial charge in [-0.3, -0.25) is 4.79 Å². The summed E-state index contributed by atoms with van der Waals surface area (Å²) in [4.78, 5) is 15.7. The zero-order chi connectivity index (χ0) is 20.2. The van der Waals surface area contributed by atoms with E-state index in [0.29, 0.717) is 5.82 Å². The first-order valence-corrected chi connectivity index (χ1v) is 9.61. The summed E-state index contributed by atoms with van der Waals surface area (Å²) < 4.78 is 0. The number of amides is 1. The standard InChI is InChI=1S/C23H23N5O/c1-15-7-8-16(2)21(13-15)26-23(29)20-9-10-22(28-27-20)24-12-11-17-14-25-19-6-4-3-5-18(17)19/h3-10,13-14,25H,11-12H2,1-2H3,(H,24,28)(H,26,29). The number of benzene rings is 2. The molecular formula is C23H23N5O. The molecule has 0 aliphatic rings. The highest BCUT2D eigenvalue weighted by atomic mass is 16.1. The molecule has 146 valence electrons. The predicted octanol–water partition coefficient (Wildman–Crippen LogP) is 4.48. The third-order valence-corrected chi connectivity index (χ3v) is 4.91. The molecule has 0 spiro atoms. The minimum absolute atomic E-state index is 0.267. The quantitative estimate of drug-likeness (QED) is 0.457. The van der Waals surface area contributed by atoms with Crippen LogP contribution in [0.5, 0.6) is 0 Å². The summed E-state index contributed by atoms with van der Waals surface area (Å²) in [6.45, 7) is 4.68. The van der Waals surface area contributed by atoms with Crippen LogP contribution in [0.15, 0.2) is 60.8 Å². The Hall–Kier alpha value is -3.67. The van der Waals surface area contributed by atoms with Gasteiger partial charge in [0.2, 0.25) is 0 Å². The maximum absolute atomic E-state index is 12.4. The van der Waals surface area contributed by atoms with Crippen molar-refractivity contribution >= 4 is 28.3 Å². The van der Waals surface area contributed by atoms with Crippen LogP contribution in [-0.2, 0) is 6.42 Å². The summed E-state index contributed by atoms with van der Waals surface area (Å²) in [6.07, 6.45) is 2.90. The molecular weight excluding hydrogens is 362 g/mol. The highest BCUT2D eigenvalue weighted by molar-refractivity contribution is 6.03. The van der Waals surface area contributed by atoms with Crippen molar-refractivity contribution in [1.82, 2.24) is 15.2 Å². The molecule has 6 heteroatoms. The second kappa shape index (κ2) is 8.14. The van der Waals surface area contributed by atoms with Crippen LogP contribution in [0.3, 0.4) is 0 Å². The zero-order valence-corrected chi connectivity index (χ0v) is 16.5. The molecule has 2 aromatic heterocycles. The summed E-state index contributed by atoms with van der Waals surface area (Å²) >= 11 is 0. The molecule has 0 saturated carbocycles. The summed E-state index contributed by atoms with van der Waals surface area (Å²) in [7, 11) is 0. The number of aromatic amines is 1. The Morgan fingerprint density at radius 2 is 1.90 bits per heavy atom. The molecule has 2 heterocycles. The van der Waals surface area contributed by atoms with E-state index in [1.54, 1.807) is 12.1 Å². The summed E-state index contributed by atoms with van der Waals surface area (Å²) in [5.41, 5.74) is 5.57. The lowest BCUT2D eigenvalue weighted by atomic mass is 10.1. The molecule has 2 aromatic carbocycles. The van der Waals surface area contributed by atoms with Gasteiger partial charge in [-0.2, -0.15) is 0 Å². The number of nitrogens with zero attached hydrogens (tertiary/aromatic N) is 2. The van der Waals surface area contributed by atoms with Crippen molar-refractivity contribution in [2.24, 2.45) is 0 Å². The number of rotatable bonds is 6. The Balaban J connectivity index is 1.35. The van der Waals surface area contributed by atoms with Crippen molar-refractivity contribution in [2.45, 2.75) is 20.3 Å². The lowest BCUT2D eigenvalue weighted by molar-refractivity contribution is 0.102. The molecule has 0 fully saturated rings. The van der Waals surface area contributed by atoms with Crippen molar-refractivity contribution in [1.29, 1.82) is 0 Å². The molecule has 4 aromatic rings. The van der Waals surface area contributed by atoms with Gasteiger partial charge in [0.25, 0.3) is 5.91 Å². The van der Waals surface area contributed by atoms with Gasteiger partial charge in [0.1, 0.15) is 5.82 Å². The zero-order valence-electron chi connectivity index (χ0n) is 16.5. The second-order valence-electron chi connectivity index (χ2n) is 7.11. The SMILES string of the molecule is Cc1ccc(C)c(NC(=O)c2ccc(NCCc3c[nH]c4ccccc34)nn2)c1. The minimum Gasteiger partial charge on any atom is -0.368 e. The Kier molecular flexibility index (Phi) is 5.24. The van der Waals surface area contributed by atoms with Gasteiger partial charge in [0.15, 0.2) is 5.69 Å². The molecule has 4 rings (SSSR count). The minimum atomic E-state index is -0.267. The Bertz CT molecular complexity index is 1150. The molecule has 0 unspecified atom stereocenters. The van der Waals surface area contributed by atoms with Crippen molar-refractivity contribution < 1.29 is 4.79 Å². The van der Waals surface area contributed by atoms with E-state index in [4.69, 9.17) is 0 Å². The highest BCUT2D eigenvalue weighted by Crippen LogP contribution is 2.19. The summed E-state index contributed by atoms with van der Waals surface area (Å²) in [6, 6.07) is 17.7. The number of nitrogens with one attached hydrogen (secondary N) is 3. The van der Waals surface area contributed by atoms with E-state index in [1.807, 2.05) is 50.4 Å². The average Bonchev–Trinajstić information content (AvgIpc) is 3.14. The number of carbonyl (C=O) groups is 1. The number of para-hydroxylation sites is 1. The van der Waals surface area contributed by atoms with Crippen LogP contribution < -0.4 is 10.6 Å². The Morgan fingerprint density at radius 3 is 2.72 bits per heavy atom. The number of fused-ring (bicyclic) bond motifs is 1. The van der Waals surface area contributed by atoms with Gasteiger partial charge in [0.05, 0.1) is 0 Å². The van der Waals surface area contributed by atoms with Crippen LogP contribution in [0.1, 0.15) is 27.2 Å². The second-order valence-corrected chi connectivity index (χ2v) is 7.11. The number of hydrogen-bond donors (Lipinski definition) is 3. The van der Waals surface area contributed by atoms with Crippen molar-refractivity contribution in [3.8, 4) is 0 Å². The number of anilines is 2. The maximum Gasteiger partial charge on any atom is 0.276 e. The third-order valence-electron chi connectivity index (χ3n) is 4.91. The molecule has 29 heavy (non-hydrogen) atoms. The largest absolute Gasteiger partial charge is 0.368 e. The monoisotopic (exact) mass is 385 g/mol. The van der Waals surface area contributed by atoms with Crippen molar-refractivity contribution in [3.05, 3.63) is 83.2 Å². The fourth-order valence-corrected chi connectivity index (χ4v) is 3.27. The Morgan fingerprint density at radius 1 is 1.03 bits per heavy atom. The van der Waals surface area contributed by atoms with Gasteiger partial charge in [-0.15, -0.1) is 10.2 Å². The van der Waals surface area contributed by atoms with Crippen LogP contribution in [0.4, 0.5) is 11.5 Å². The Labute approximate surface area is 169 Å². The van der Waals surface area contributed by atoms with Gasteiger partial charge >= 0.3 is 0 Å². The molecule has 0 saturated heterocycles. The molecule has 0 radical (unpaired) electrons. The molecule has 0 aliphatic carbocycles. The maximum atomic E-state index is 12.4. The van der Waals surface area contributed by atoms with Gasteiger partial charge < -0.3 is 15.6 Å². The van der Waals surface area contributed by atoms with E-state index in [0.717, 1.165) is 35.3 Å². The average molecular weight is 385 g/mol. The number of H-pyrrole nitrogens is 1. The molecule has 1 amide bonds. The fraction of sp³-hybridized carbons (Fsp3) is 0.174. The van der Waals surface area contributed by atoms with Crippen LogP contribution >= 0.6 is 0 Å². The van der Waals surface area contributed by atoms with E-state index in [-0.39, 0.29) is 11.6 Å². The molecule has 0 bridgehead atoms. The number of aromatic nitrogens is 3. The normalized spacial score (nSPS) is 10.8. The number of aryl methyl sites for hydroxylation is 2. The van der Waals surface area contributed by atoms with Crippen LogP contribution in [0, 0.1) is 13.8 Å². The van der Waals surface area contributed by atoms with E-state index in [2.05, 4.69) is 37.9 Å². The molecule has 3 N–H and O–H groups in total. The van der Waals surface area contributed by atoms with Gasteiger partial charge in [0, 0.05) is 29.3 Å². The first kappa shape index (κ1) is 18.7. The first-order valence-electron chi connectivity index (χ1n) is 9.61. The fourth-order valence-electron chi connectivity index (χ4n) is 3.27.